The van der Waals surface area contributed by atoms with Crippen molar-refractivity contribution in [2.24, 2.45) is 5.92 Å². The number of likely N-dealkylation sites (N-methyl/N-ethyl adjacent to an activating group) is 1. The Hall–Kier alpha value is -1.26. The minimum absolute atomic E-state index is 0.000512. The molecule has 3 amide bonds. The van der Waals surface area contributed by atoms with Crippen LogP contribution < -0.4 is 0 Å². The van der Waals surface area contributed by atoms with E-state index in [9.17, 15) is 9.59 Å². The highest BCUT2D eigenvalue weighted by Gasteiger charge is 2.26. The van der Waals surface area contributed by atoms with Gasteiger partial charge in [-0.05, 0) is 31.6 Å². The first-order chi connectivity index (χ1) is 9.08. The fourth-order valence-corrected chi connectivity index (χ4v) is 2.78. The Bertz CT molecular complexity index is 332. The zero-order valence-corrected chi connectivity index (χ0v) is 12.1. The van der Waals surface area contributed by atoms with Gasteiger partial charge in [-0.1, -0.05) is 6.92 Å². The van der Waals surface area contributed by atoms with Crippen molar-refractivity contribution < 1.29 is 9.59 Å². The SMILES string of the molecule is CC1CCN(C(=O)N(C)CC(=O)N2CCCC2)CC1. The van der Waals surface area contributed by atoms with Gasteiger partial charge >= 0.3 is 6.03 Å². The lowest BCUT2D eigenvalue weighted by atomic mass is 10.00. The second kappa shape index (κ2) is 6.26. The molecule has 0 saturated carbocycles. The molecule has 0 aromatic carbocycles. The van der Waals surface area contributed by atoms with E-state index in [0.29, 0.717) is 5.92 Å². The van der Waals surface area contributed by atoms with Crippen molar-refractivity contribution in [3.8, 4) is 0 Å². The van der Waals surface area contributed by atoms with E-state index in [2.05, 4.69) is 6.92 Å². The van der Waals surface area contributed by atoms with Crippen LogP contribution in [0, 0.1) is 5.92 Å². The van der Waals surface area contributed by atoms with Crippen LogP contribution in [-0.4, -0.2) is 66.4 Å². The first-order valence-electron chi connectivity index (χ1n) is 7.35. The molecule has 5 heteroatoms. The summed E-state index contributed by atoms with van der Waals surface area (Å²) < 4.78 is 0. The molecule has 0 spiro atoms. The van der Waals surface area contributed by atoms with Crippen LogP contribution in [0.1, 0.15) is 32.6 Å². The Labute approximate surface area is 115 Å². The highest BCUT2D eigenvalue weighted by atomic mass is 16.2. The van der Waals surface area contributed by atoms with Gasteiger partial charge < -0.3 is 14.7 Å². The van der Waals surface area contributed by atoms with Crippen molar-refractivity contribution in [1.82, 2.24) is 14.7 Å². The maximum absolute atomic E-state index is 12.2. The number of carbonyl (C=O) groups is 2. The van der Waals surface area contributed by atoms with Crippen molar-refractivity contribution in [2.45, 2.75) is 32.6 Å². The lowest BCUT2D eigenvalue weighted by molar-refractivity contribution is -0.130. The van der Waals surface area contributed by atoms with E-state index in [0.717, 1.165) is 51.9 Å². The van der Waals surface area contributed by atoms with Crippen LogP contribution in [-0.2, 0) is 4.79 Å². The molecule has 0 radical (unpaired) electrons. The molecule has 0 aromatic rings. The Morgan fingerprint density at radius 3 is 2.21 bits per heavy atom. The van der Waals surface area contributed by atoms with E-state index < -0.39 is 0 Å². The predicted octanol–water partition coefficient (Wildman–Crippen LogP) is 1.39. The van der Waals surface area contributed by atoms with Gasteiger partial charge in [-0.25, -0.2) is 4.79 Å². The standard InChI is InChI=1S/C14H25N3O2/c1-12-5-9-17(10-6-12)14(19)15(2)11-13(18)16-7-3-4-8-16/h12H,3-11H2,1-2H3. The topological polar surface area (TPSA) is 43.9 Å². The lowest BCUT2D eigenvalue weighted by Gasteiger charge is -2.33. The van der Waals surface area contributed by atoms with E-state index in [1.54, 1.807) is 11.9 Å². The fourth-order valence-electron chi connectivity index (χ4n) is 2.78. The van der Waals surface area contributed by atoms with Crippen molar-refractivity contribution >= 4 is 11.9 Å². The van der Waals surface area contributed by atoms with E-state index in [1.807, 2.05) is 9.80 Å². The predicted molar refractivity (Wildman–Crippen MR) is 73.8 cm³/mol. The molecular weight excluding hydrogens is 242 g/mol. The third-order valence-electron chi connectivity index (χ3n) is 4.21. The molecule has 2 aliphatic heterocycles. The van der Waals surface area contributed by atoms with Crippen molar-refractivity contribution in [1.29, 1.82) is 0 Å². The summed E-state index contributed by atoms with van der Waals surface area (Å²) in [5.41, 5.74) is 0. The Kier molecular flexibility index (Phi) is 4.66. The van der Waals surface area contributed by atoms with Gasteiger partial charge in [-0.2, -0.15) is 0 Å². The smallest absolute Gasteiger partial charge is 0.320 e. The van der Waals surface area contributed by atoms with E-state index in [-0.39, 0.29) is 18.5 Å². The van der Waals surface area contributed by atoms with Gasteiger partial charge in [0.25, 0.3) is 0 Å². The Balaban J connectivity index is 1.80. The number of rotatable bonds is 2. The Morgan fingerprint density at radius 2 is 1.63 bits per heavy atom. The number of urea groups is 1. The maximum Gasteiger partial charge on any atom is 0.320 e. The molecule has 2 fully saturated rings. The van der Waals surface area contributed by atoms with E-state index in [1.165, 1.54) is 0 Å². The van der Waals surface area contributed by atoms with Gasteiger partial charge in [0.15, 0.2) is 0 Å². The van der Waals surface area contributed by atoms with Gasteiger partial charge in [-0.15, -0.1) is 0 Å². The summed E-state index contributed by atoms with van der Waals surface area (Å²) in [6.45, 7) is 5.78. The number of carbonyl (C=O) groups excluding carboxylic acids is 2. The number of amides is 3. The third-order valence-corrected chi connectivity index (χ3v) is 4.21. The van der Waals surface area contributed by atoms with Crippen LogP contribution in [0.2, 0.25) is 0 Å². The molecule has 0 N–H and O–H groups in total. The van der Waals surface area contributed by atoms with Crippen LogP contribution in [0.25, 0.3) is 0 Å². The monoisotopic (exact) mass is 267 g/mol. The number of hydrogen-bond donors (Lipinski definition) is 0. The second-order valence-corrected chi connectivity index (χ2v) is 5.90. The average Bonchev–Trinajstić information content (AvgIpc) is 2.92. The van der Waals surface area contributed by atoms with Gasteiger partial charge in [0, 0.05) is 33.2 Å². The molecule has 0 bridgehead atoms. The first kappa shape index (κ1) is 14.2. The molecule has 0 aromatic heterocycles. The number of piperidine rings is 1. The van der Waals surface area contributed by atoms with Crippen LogP contribution in [0.3, 0.4) is 0 Å². The lowest BCUT2D eigenvalue weighted by Crippen LogP contribution is -2.48. The molecule has 2 saturated heterocycles. The molecule has 0 atom stereocenters. The summed E-state index contributed by atoms with van der Waals surface area (Å²) in [7, 11) is 1.73. The molecule has 0 unspecified atom stereocenters. The van der Waals surface area contributed by atoms with Gasteiger partial charge in [0.1, 0.15) is 6.54 Å². The van der Waals surface area contributed by atoms with Crippen molar-refractivity contribution in [3.63, 3.8) is 0 Å². The molecule has 5 nitrogen and oxygen atoms in total. The van der Waals surface area contributed by atoms with E-state index >= 15 is 0 Å². The molecule has 2 rings (SSSR count). The molecule has 2 aliphatic rings. The zero-order valence-electron chi connectivity index (χ0n) is 12.1. The maximum atomic E-state index is 12.2. The second-order valence-electron chi connectivity index (χ2n) is 5.90. The summed E-state index contributed by atoms with van der Waals surface area (Å²) in [5.74, 6) is 0.791. The summed E-state index contributed by atoms with van der Waals surface area (Å²) in [6.07, 6.45) is 4.32. The number of hydrogen-bond acceptors (Lipinski definition) is 2. The first-order valence-corrected chi connectivity index (χ1v) is 7.35. The van der Waals surface area contributed by atoms with Gasteiger partial charge in [0.2, 0.25) is 5.91 Å². The van der Waals surface area contributed by atoms with Gasteiger partial charge in [0.05, 0.1) is 0 Å². The minimum Gasteiger partial charge on any atom is -0.341 e. The molecule has 0 aliphatic carbocycles. The van der Waals surface area contributed by atoms with Crippen LogP contribution in [0.4, 0.5) is 4.79 Å². The molecule has 108 valence electrons. The summed E-state index contributed by atoms with van der Waals surface area (Å²) in [6, 6.07) is -0.000512. The summed E-state index contributed by atoms with van der Waals surface area (Å²) in [5, 5.41) is 0. The zero-order chi connectivity index (χ0) is 13.8. The quantitative estimate of drug-likeness (QED) is 0.759. The van der Waals surface area contributed by atoms with Crippen LogP contribution >= 0.6 is 0 Å². The largest absolute Gasteiger partial charge is 0.341 e. The van der Waals surface area contributed by atoms with Crippen molar-refractivity contribution in [2.75, 3.05) is 39.8 Å². The normalized spacial score (nSPS) is 20.7. The molecular formula is C14H25N3O2. The highest BCUT2D eigenvalue weighted by molar-refractivity contribution is 5.84. The highest BCUT2D eigenvalue weighted by Crippen LogP contribution is 2.17. The Morgan fingerprint density at radius 1 is 1.05 bits per heavy atom. The summed E-state index contributed by atoms with van der Waals surface area (Å²) >= 11 is 0. The number of likely N-dealkylation sites (tertiary alicyclic amines) is 2. The van der Waals surface area contributed by atoms with Gasteiger partial charge in [-0.3, -0.25) is 4.79 Å². The fraction of sp³-hybridized carbons (Fsp3) is 0.857. The minimum atomic E-state index is -0.000512. The number of nitrogens with zero attached hydrogens (tertiary/aromatic N) is 3. The van der Waals surface area contributed by atoms with Crippen molar-refractivity contribution in [3.05, 3.63) is 0 Å². The van der Waals surface area contributed by atoms with E-state index in [4.69, 9.17) is 0 Å². The molecule has 19 heavy (non-hydrogen) atoms. The van der Waals surface area contributed by atoms with Crippen LogP contribution in [0.5, 0.6) is 0 Å². The summed E-state index contributed by atoms with van der Waals surface area (Å²) in [4.78, 5) is 29.5. The van der Waals surface area contributed by atoms with Crippen LogP contribution in [0.15, 0.2) is 0 Å². The average molecular weight is 267 g/mol. The molecule has 2 heterocycles. The third kappa shape index (κ3) is 3.61.